The maximum atomic E-state index is 11.8. The van der Waals surface area contributed by atoms with E-state index in [9.17, 15) is 4.79 Å². The van der Waals surface area contributed by atoms with Gasteiger partial charge in [-0.15, -0.1) is 11.8 Å². The van der Waals surface area contributed by atoms with E-state index in [1.165, 1.54) is 4.90 Å². The number of benzene rings is 1. The fourth-order valence-corrected chi connectivity index (χ4v) is 2.22. The van der Waals surface area contributed by atoms with Gasteiger partial charge in [0.2, 0.25) is 0 Å². The van der Waals surface area contributed by atoms with E-state index >= 15 is 0 Å². The molecule has 1 aromatic carbocycles. The van der Waals surface area contributed by atoms with Crippen LogP contribution in [-0.2, 0) is 0 Å². The summed E-state index contributed by atoms with van der Waals surface area (Å²) in [7, 11) is 0. The van der Waals surface area contributed by atoms with Crippen molar-refractivity contribution in [1.29, 1.82) is 0 Å². The van der Waals surface area contributed by atoms with Crippen molar-refractivity contribution in [3.8, 4) is 0 Å². The Labute approximate surface area is 96.3 Å². The Balaban J connectivity index is 2.87. The van der Waals surface area contributed by atoms with Gasteiger partial charge in [0.25, 0.3) is 0 Å². The van der Waals surface area contributed by atoms with Crippen LogP contribution < -0.4 is 0 Å². The zero-order valence-corrected chi connectivity index (χ0v) is 10.6. The van der Waals surface area contributed by atoms with Crippen molar-refractivity contribution in [2.45, 2.75) is 37.8 Å². The Morgan fingerprint density at radius 1 is 1.20 bits per heavy atom. The van der Waals surface area contributed by atoms with E-state index in [0.717, 1.165) is 5.56 Å². The fourth-order valence-electron chi connectivity index (χ4n) is 1.33. The van der Waals surface area contributed by atoms with Crippen LogP contribution in [0.1, 0.15) is 38.1 Å². The number of carbonyl (C=O) groups excluding carboxylic acids is 1. The van der Waals surface area contributed by atoms with Crippen LogP contribution in [0.2, 0.25) is 0 Å². The van der Waals surface area contributed by atoms with Crippen molar-refractivity contribution < 1.29 is 4.79 Å². The minimum absolute atomic E-state index is 0.0734. The third-order valence-corrected chi connectivity index (χ3v) is 3.01. The van der Waals surface area contributed by atoms with Gasteiger partial charge in [0.1, 0.15) is 0 Å². The number of carbonyl (C=O) groups is 1. The normalized spacial score (nSPS) is 11.1. The summed E-state index contributed by atoms with van der Waals surface area (Å²) in [6.07, 6.45) is 0. The molecule has 0 aliphatic heterocycles. The van der Waals surface area contributed by atoms with Gasteiger partial charge >= 0.3 is 0 Å². The molecule has 0 fully saturated rings. The van der Waals surface area contributed by atoms with Gasteiger partial charge in [0.15, 0.2) is 5.78 Å². The van der Waals surface area contributed by atoms with Crippen LogP contribution in [0.4, 0.5) is 0 Å². The van der Waals surface area contributed by atoms with Crippen LogP contribution in [0.5, 0.6) is 0 Å². The molecule has 0 aliphatic rings. The highest BCUT2D eigenvalue weighted by Gasteiger charge is 2.10. The molecule has 0 N–H and O–H groups in total. The van der Waals surface area contributed by atoms with Gasteiger partial charge in [-0.2, -0.15) is 0 Å². The van der Waals surface area contributed by atoms with Crippen LogP contribution in [-0.4, -0.2) is 11.0 Å². The summed E-state index contributed by atoms with van der Waals surface area (Å²) in [5.41, 5.74) is 0.829. The lowest BCUT2D eigenvalue weighted by atomic mass is 10.0. The molecule has 0 radical (unpaired) electrons. The van der Waals surface area contributed by atoms with E-state index in [1.807, 2.05) is 32.0 Å². The molecule has 0 unspecified atom stereocenters. The van der Waals surface area contributed by atoms with E-state index in [4.69, 9.17) is 0 Å². The molecule has 0 amide bonds. The molecule has 0 heterocycles. The third kappa shape index (κ3) is 3.71. The van der Waals surface area contributed by atoms with Gasteiger partial charge in [-0.1, -0.05) is 39.8 Å². The zero-order valence-electron chi connectivity index (χ0n) is 9.78. The molecule has 2 heteroatoms. The van der Waals surface area contributed by atoms with Crippen LogP contribution in [0.15, 0.2) is 29.2 Å². The Morgan fingerprint density at radius 2 is 1.87 bits per heavy atom. The number of thioether (sulfide) groups is 1. The standard InChI is InChI=1S/C13H18OS/c1-9(2)13(14)11-6-5-7-12(8-11)15-10(3)4/h5-10H,1-4H3. The fraction of sp³-hybridized carbons (Fsp3) is 0.462. The molecule has 82 valence electrons. The molecule has 1 aromatic rings. The van der Waals surface area contributed by atoms with Crippen LogP contribution in [0.25, 0.3) is 0 Å². The smallest absolute Gasteiger partial charge is 0.165 e. The summed E-state index contributed by atoms with van der Waals surface area (Å²) in [6, 6.07) is 7.90. The first-order valence-corrected chi connectivity index (χ1v) is 6.19. The van der Waals surface area contributed by atoms with Gasteiger partial charge in [0.05, 0.1) is 0 Å². The summed E-state index contributed by atoms with van der Waals surface area (Å²) in [6.45, 7) is 8.18. The molecule has 1 nitrogen and oxygen atoms in total. The average Bonchev–Trinajstić information content (AvgIpc) is 2.16. The average molecular weight is 222 g/mol. The molecule has 1 rings (SSSR count). The molecule has 0 spiro atoms. The predicted octanol–water partition coefficient (Wildman–Crippen LogP) is 4.03. The van der Waals surface area contributed by atoms with Crippen molar-refractivity contribution >= 4 is 17.5 Å². The highest BCUT2D eigenvalue weighted by atomic mass is 32.2. The zero-order chi connectivity index (χ0) is 11.4. The van der Waals surface area contributed by atoms with E-state index in [1.54, 1.807) is 11.8 Å². The first kappa shape index (κ1) is 12.3. The quantitative estimate of drug-likeness (QED) is 0.565. The predicted molar refractivity (Wildman–Crippen MR) is 66.6 cm³/mol. The largest absolute Gasteiger partial charge is 0.294 e. The second-order valence-corrected chi connectivity index (χ2v) is 5.86. The second-order valence-electron chi connectivity index (χ2n) is 4.21. The van der Waals surface area contributed by atoms with Crippen molar-refractivity contribution in [3.63, 3.8) is 0 Å². The Kier molecular flexibility index (Phi) is 4.40. The third-order valence-electron chi connectivity index (χ3n) is 2.01. The molecular formula is C13H18OS. The van der Waals surface area contributed by atoms with Crippen molar-refractivity contribution in [2.24, 2.45) is 5.92 Å². The topological polar surface area (TPSA) is 17.1 Å². The van der Waals surface area contributed by atoms with Gasteiger partial charge < -0.3 is 0 Å². The molecule has 0 saturated heterocycles. The first-order valence-electron chi connectivity index (χ1n) is 5.31. The summed E-state index contributed by atoms with van der Waals surface area (Å²) < 4.78 is 0. The molecule has 0 aliphatic carbocycles. The minimum atomic E-state index is 0.0734. The summed E-state index contributed by atoms with van der Waals surface area (Å²) in [5.74, 6) is 0.297. The lowest BCUT2D eigenvalue weighted by Gasteiger charge is -2.08. The van der Waals surface area contributed by atoms with Crippen molar-refractivity contribution in [2.75, 3.05) is 0 Å². The minimum Gasteiger partial charge on any atom is -0.294 e. The summed E-state index contributed by atoms with van der Waals surface area (Å²) in [4.78, 5) is 13.0. The SMILES string of the molecule is CC(C)Sc1cccc(C(=O)C(C)C)c1. The number of Topliss-reactive ketones (excluding diaryl/α,β-unsaturated/α-hetero) is 1. The van der Waals surface area contributed by atoms with E-state index in [-0.39, 0.29) is 11.7 Å². The lowest BCUT2D eigenvalue weighted by Crippen LogP contribution is -2.07. The van der Waals surface area contributed by atoms with E-state index in [0.29, 0.717) is 5.25 Å². The van der Waals surface area contributed by atoms with Crippen molar-refractivity contribution in [3.05, 3.63) is 29.8 Å². The lowest BCUT2D eigenvalue weighted by molar-refractivity contribution is 0.0939. The number of rotatable bonds is 4. The summed E-state index contributed by atoms with van der Waals surface area (Å²) in [5, 5.41) is 0.550. The Hall–Kier alpha value is -0.760. The monoisotopic (exact) mass is 222 g/mol. The summed E-state index contributed by atoms with van der Waals surface area (Å²) >= 11 is 1.79. The van der Waals surface area contributed by atoms with Gasteiger partial charge in [-0.3, -0.25) is 4.79 Å². The van der Waals surface area contributed by atoms with Crippen molar-refractivity contribution in [1.82, 2.24) is 0 Å². The van der Waals surface area contributed by atoms with Crippen LogP contribution in [0, 0.1) is 5.92 Å². The van der Waals surface area contributed by atoms with Crippen LogP contribution in [0.3, 0.4) is 0 Å². The molecule has 0 bridgehead atoms. The number of hydrogen-bond acceptors (Lipinski definition) is 2. The highest BCUT2D eigenvalue weighted by Crippen LogP contribution is 2.24. The van der Waals surface area contributed by atoms with Gasteiger partial charge in [0, 0.05) is 21.6 Å². The maximum Gasteiger partial charge on any atom is 0.165 e. The first-order chi connectivity index (χ1) is 7.00. The van der Waals surface area contributed by atoms with Crippen LogP contribution >= 0.6 is 11.8 Å². The van der Waals surface area contributed by atoms with Gasteiger partial charge in [-0.05, 0) is 12.1 Å². The molecule has 0 saturated carbocycles. The van der Waals surface area contributed by atoms with Gasteiger partial charge in [-0.25, -0.2) is 0 Å². The number of hydrogen-bond donors (Lipinski definition) is 0. The van der Waals surface area contributed by atoms with E-state index in [2.05, 4.69) is 19.9 Å². The second kappa shape index (κ2) is 5.36. The maximum absolute atomic E-state index is 11.8. The molecule has 0 atom stereocenters. The molecular weight excluding hydrogens is 204 g/mol. The molecule has 0 aromatic heterocycles. The Bertz CT molecular complexity index is 342. The Morgan fingerprint density at radius 3 is 2.40 bits per heavy atom. The molecule has 15 heavy (non-hydrogen) atoms. The van der Waals surface area contributed by atoms with E-state index < -0.39 is 0 Å². The number of ketones is 1. The highest BCUT2D eigenvalue weighted by molar-refractivity contribution is 7.99.